The second-order valence-electron chi connectivity index (χ2n) is 6.49. The van der Waals surface area contributed by atoms with Crippen molar-refractivity contribution in [2.75, 3.05) is 33.0 Å². The summed E-state index contributed by atoms with van der Waals surface area (Å²) in [6.07, 6.45) is 3.24. The van der Waals surface area contributed by atoms with E-state index in [2.05, 4.69) is 0 Å². The number of fused-ring (bicyclic) bond motifs is 1. The molecule has 0 bridgehead atoms. The number of hydrogen-bond donors (Lipinski definition) is 0. The van der Waals surface area contributed by atoms with Crippen molar-refractivity contribution in [3.8, 4) is 11.5 Å². The summed E-state index contributed by atoms with van der Waals surface area (Å²) in [4.78, 5) is 28.5. The summed E-state index contributed by atoms with van der Waals surface area (Å²) >= 11 is 6.68. The van der Waals surface area contributed by atoms with Gasteiger partial charge in [-0.15, -0.1) is 0 Å². The minimum Gasteiger partial charge on any atom is -0.454 e. The third-order valence-electron chi connectivity index (χ3n) is 4.87. The molecule has 7 heteroatoms. The highest BCUT2D eigenvalue weighted by atomic mass is 35.5. The molecule has 0 atom stereocenters. The lowest BCUT2D eigenvalue weighted by Crippen LogP contribution is -2.30. The van der Waals surface area contributed by atoms with Crippen LogP contribution in [0.4, 0.5) is 0 Å². The number of halogens is 1. The van der Waals surface area contributed by atoms with Crippen LogP contribution in [0.5, 0.6) is 11.5 Å². The van der Waals surface area contributed by atoms with Gasteiger partial charge in [-0.1, -0.05) is 17.7 Å². The first-order valence-electron chi connectivity index (χ1n) is 9.98. The summed E-state index contributed by atoms with van der Waals surface area (Å²) in [6.45, 7) is 10.4. The molecule has 0 aromatic heterocycles. The van der Waals surface area contributed by atoms with Crippen LogP contribution in [0.2, 0.25) is 0 Å². The highest BCUT2D eigenvalue weighted by Gasteiger charge is 2.18. The average molecular weight is 421 g/mol. The van der Waals surface area contributed by atoms with Crippen molar-refractivity contribution in [3.05, 3.63) is 41.5 Å². The smallest absolute Gasteiger partial charge is 0.246 e. The maximum Gasteiger partial charge on any atom is 0.246 e. The molecule has 1 heterocycles. The maximum atomic E-state index is 12.7. The molecule has 2 amide bonds. The van der Waals surface area contributed by atoms with E-state index >= 15 is 0 Å². The number of benzene rings is 1. The molecule has 1 aliphatic rings. The molecule has 0 fully saturated rings. The molecule has 2 rings (SSSR count). The Labute approximate surface area is 177 Å². The predicted molar refractivity (Wildman–Crippen MR) is 115 cm³/mol. The fraction of sp³-hybridized carbons (Fsp3) is 0.455. The van der Waals surface area contributed by atoms with Crippen molar-refractivity contribution in [3.63, 3.8) is 0 Å². The largest absolute Gasteiger partial charge is 0.454 e. The molecular formula is C22H29ClN2O4. The van der Waals surface area contributed by atoms with E-state index in [1.165, 1.54) is 6.08 Å². The van der Waals surface area contributed by atoms with Crippen LogP contribution in [0.15, 0.2) is 35.9 Å². The Morgan fingerprint density at radius 2 is 1.59 bits per heavy atom. The van der Waals surface area contributed by atoms with Gasteiger partial charge in [0, 0.05) is 32.3 Å². The van der Waals surface area contributed by atoms with E-state index in [0.29, 0.717) is 53.8 Å². The second-order valence-corrected chi connectivity index (χ2v) is 6.87. The van der Waals surface area contributed by atoms with Gasteiger partial charge in [0.1, 0.15) is 0 Å². The Bertz CT molecular complexity index is 796. The van der Waals surface area contributed by atoms with E-state index in [1.54, 1.807) is 28.0 Å². The maximum absolute atomic E-state index is 12.7. The SMILES string of the molecule is CCN(CC)C(=O)/C=C/C(CC(=O)N(CC)CC)=C(/Cl)c1ccc2c(c1)OCO2. The van der Waals surface area contributed by atoms with Gasteiger partial charge < -0.3 is 19.3 Å². The molecule has 1 aliphatic heterocycles. The highest BCUT2D eigenvalue weighted by molar-refractivity contribution is 6.49. The molecule has 0 saturated heterocycles. The molecule has 0 unspecified atom stereocenters. The Kier molecular flexibility index (Phi) is 8.58. The highest BCUT2D eigenvalue weighted by Crippen LogP contribution is 2.36. The molecule has 0 saturated carbocycles. The molecule has 6 nitrogen and oxygen atoms in total. The van der Waals surface area contributed by atoms with Gasteiger partial charge in [-0.05, 0) is 57.0 Å². The number of nitrogens with zero attached hydrogens (tertiary/aromatic N) is 2. The van der Waals surface area contributed by atoms with E-state index in [0.717, 1.165) is 0 Å². The third-order valence-corrected chi connectivity index (χ3v) is 5.33. The van der Waals surface area contributed by atoms with Crippen molar-refractivity contribution >= 4 is 28.4 Å². The molecule has 1 aromatic carbocycles. The zero-order valence-corrected chi connectivity index (χ0v) is 18.3. The summed E-state index contributed by atoms with van der Waals surface area (Å²) in [7, 11) is 0. The van der Waals surface area contributed by atoms with E-state index in [-0.39, 0.29) is 25.0 Å². The number of ether oxygens (including phenoxy) is 2. The minimum atomic E-state index is -0.113. The first kappa shape index (κ1) is 22.8. The van der Waals surface area contributed by atoms with Crippen LogP contribution in [0.1, 0.15) is 39.7 Å². The Morgan fingerprint density at radius 1 is 0.966 bits per heavy atom. The Morgan fingerprint density at radius 3 is 2.21 bits per heavy atom. The van der Waals surface area contributed by atoms with Crippen LogP contribution in [0, 0.1) is 0 Å². The lowest BCUT2D eigenvalue weighted by molar-refractivity contribution is -0.130. The molecule has 0 aliphatic carbocycles. The van der Waals surface area contributed by atoms with Gasteiger partial charge >= 0.3 is 0 Å². The first-order chi connectivity index (χ1) is 13.9. The lowest BCUT2D eigenvalue weighted by Gasteiger charge is -2.20. The van der Waals surface area contributed by atoms with E-state index in [9.17, 15) is 9.59 Å². The number of hydrogen-bond acceptors (Lipinski definition) is 4. The van der Waals surface area contributed by atoms with Crippen molar-refractivity contribution in [1.82, 2.24) is 9.80 Å². The van der Waals surface area contributed by atoms with Gasteiger partial charge in [-0.25, -0.2) is 0 Å². The van der Waals surface area contributed by atoms with Gasteiger partial charge in [0.2, 0.25) is 18.6 Å². The van der Waals surface area contributed by atoms with Gasteiger partial charge in [0.15, 0.2) is 11.5 Å². The van der Waals surface area contributed by atoms with Crippen LogP contribution in [0.25, 0.3) is 5.03 Å². The van der Waals surface area contributed by atoms with Crippen molar-refractivity contribution < 1.29 is 19.1 Å². The Balaban J connectivity index is 2.38. The lowest BCUT2D eigenvalue weighted by atomic mass is 10.1. The van der Waals surface area contributed by atoms with E-state index in [4.69, 9.17) is 21.1 Å². The summed E-state index contributed by atoms with van der Waals surface area (Å²) in [5.41, 5.74) is 1.29. The van der Waals surface area contributed by atoms with Gasteiger partial charge in [0.05, 0.1) is 11.5 Å². The monoisotopic (exact) mass is 420 g/mol. The fourth-order valence-electron chi connectivity index (χ4n) is 3.09. The second kappa shape index (κ2) is 10.9. The van der Waals surface area contributed by atoms with Crippen molar-refractivity contribution in [2.45, 2.75) is 34.1 Å². The van der Waals surface area contributed by atoms with Crippen LogP contribution in [0.3, 0.4) is 0 Å². The van der Waals surface area contributed by atoms with Gasteiger partial charge in [0.25, 0.3) is 0 Å². The van der Waals surface area contributed by atoms with Crippen LogP contribution in [-0.2, 0) is 9.59 Å². The standard InChI is InChI=1S/C22H29ClN2O4/c1-5-24(6-2)20(26)12-10-17(14-21(27)25(7-3)8-4)22(23)16-9-11-18-19(13-16)29-15-28-18/h9-13H,5-8,14-15H2,1-4H3/b12-10+,22-17-. The number of rotatable bonds is 9. The molecule has 0 radical (unpaired) electrons. The molecule has 0 spiro atoms. The Hall–Kier alpha value is -2.47. The molecule has 158 valence electrons. The van der Waals surface area contributed by atoms with Crippen molar-refractivity contribution in [1.29, 1.82) is 0 Å². The number of allylic oxidation sites excluding steroid dienone is 1. The summed E-state index contributed by atoms with van der Waals surface area (Å²) in [5, 5.41) is 0.410. The number of carbonyl (C=O) groups is 2. The summed E-state index contributed by atoms with van der Waals surface area (Å²) in [5.74, 6) is 1.12. The topological polar surface area (TPSA) is 59.1 Å². The summed E-state index contributed by atoms with van der Waals surface area (Å²) in [6, 6.07) is 5.39. The van der Waals surface area contributed by atoms with Gasteiger partial charge in [-0.3, -0.25) is 9.59 Å². The molecule has 29 heavy (non-hydrogen) atoms. The zero-order chi connectivity index (χ0) is 21.4. The molecule has 0 N–H and O–H groups in total. The van der Waals surface area contributed by atoms with Crippen LogP contribution < -0.4 is 9.47 Å². The average Bonchev–Trinajstić information content (AvgIpc) is 3.20. The minimum absolute atomic E-state index is 0.0381. The zero-order valence-electron chi connectivity index (χ0n) is 17.5. The number of amides is 2. The van der Waals surface area contributed by atoms with E-state index in [1.807, 2.05) is 33.8 Å². The summed E-state index contributed by atoms with van der Waals surface area (Å²) < 4.78 is 10.8. The predicted octanol–water partition coefficient (Wildman–Crippen LogP) is 4.05. The molecule has 1 aromatic rings. The number of likely N-dealkylation sites (N-methyl/N-ethyl adjacent to an activating group) is 1. The van der Waals surface area contributed by atoms with Gasteiger partial charge in [-0.2, -0.15) is 0 Å². The molecular weight excluding hydrogens is 392 g/mol. The quantitative estimate of drug-likeness (QED) is 0.446. The van der Waals surface area contributed by atoms with Crippen molar-refractivity contribution in [2.24, 2.45) is 0 Å². The first-order valence-corrected chi connectivity index (χ1v) is 10.4. The fourth-order valence-corrected chi connectivity index (χ4v) is 3.34. The third kappa shape index (κ3) is 5.76. The normalized spacial score (nSPS) is 13.4. The van der Waals surface area contributed by atoms with E-state index < -0.39 is 0 Å². The number of carbonyl (C=O) groups excluding carboxylic acids is 2. The van der Waals surface area contributed by atoms with Crippen LogP contribution >= 0.6 is 11.6 Å². The van der Waals surface area contributed by atoms with Crippen LogP contribution in [-0.4, -0.2) is 54.6 Å².